The third-order valence-electron chi connectivity index (χ3n) is 5.60. The number of carbonyl (C=O) groups is 1. The first kappa shape index (κ1) is 19.9. The highest BCUT2D eigenvalue weighted by Gasteiger charge is 2.19. The molecule has 0 unspecified atom stereocenters. The van der Waals surface area contributed by atoms with Crippen molar-refractivity contribution in [3.8, 4) is 0 Å². The number of nitrogens with two attached hydrogens (primary N) is 2. The molecular formula is C22H31N5O. The van der Waals surface area contributed by atoms with Crippen LogP contribution in [0.2, 0.25) is 0 Å². The Morgan fingerprint density at radius 2 is 1.14 bits per heavy atom. The van der Waals surface area contributed by atoms with Crippen LogP contribution >= 0.6 is 0 Å². The fourth-order valence-electron chi connectivity index (χ4n) is 3.60. The summed E-state index contributed by atoms with van der Waals surface area (Å²) in [5.41, 5.74) is 18.0. The molecule has 1 fully saturated rings. The molecule has 0 bridgehead atoms. The summed E-state index contributed by atoms with van der Waals surface area (Å²) >= 11 is 0. The lowest BCUT2D eigenvalue weighted by atomic mass is 10.1. The Morgan fingerprint density at radius 3 is 1.50 bits per heavy atom. The summed E-state index contributed by atoms with van der Waals surface area (Å²) in [6, 6.07) is 12.3. The zero-order valence-corrected chi connectivity index (χ0v) is 17.1. The van der Waals surface area contributed by atoms with Gasteiger partial charge in [0.1, 0.15) is 0 Å². The highest BCUT2D eigenvalue weighted by atomic mass is 16.2. The second-order valence-corrected chi connectivity index (χ2v) is 7.56. The van der Waals surface area contributed by atoms with E-state index in [-0.39, 0.29) is 5.91 Å². The summed E-state index contributed by atoms with van der Waals surface area (Å²) < 4.78 is 0. The molecule has 150 valence electrons. The van der Waals surface area contributed by atoms with E-state index in [1.54, 1.807) is 6.92 Å². The molecule has 1 saturated heterocycles. The Balaban J connectivity index is 1.87. The number of benzene rings is 2. The highest BCUT2D eigenvalue weighted by Crippen LogP contribution is 2.24. The van der Waals surface area contributed by atoms with Gasteiger partial charge < -0.3 is 26.2 Å². The zero-order chi connectivity index (χ0) is 20.3. The second-order valence-electron chi connectivity index (χ2n) is 7.56. The normalized spacial score (nSPS) is 15.8. The molecule has 0 radical (unpaired) electrons. The molecule has 0 saturated carbocycles. The van der Waals surface area contributed by atoms with Crippen LogP contribution in [-0.2, 0) is 4.79 Å². The molecule has 1 amide bonds. The van der Waals surface area contributed by atoms with Crippen molar-refractivity contribution in [2.75, 3.05) is 60.5 Å². The Kier molecular flexibility index (Phi) is 5.97. The molecule has 3 rings (SSSR count). The topological polar surface area (TPSA) is 78.8 Å². The summed E-state index contributed by atoms with van der Waals surface area (Å²) in [4.78, 5) is 18.7. The fourth-order valence-corrected chi connectivity index (χ4v) is 3.60. The van der Waals surface area contributed by atoms with Crippen LogP contribution in [0.1, 0.15) is 18.1 Å². The number of nitrogens with zero attached hydrogens (tertiary/aromatic N) is 3. The standard InChI is InChI=1S/C22H31N5O/c1-16-14-19(4-6-21(16)23)26-10-8-25(18(3)28)9-11-27(13-12-26)20-5-7-22(24)17(2)15-20/h4-7,14-15H,8-13,23-24H2,1-3H3. The molecule has 4 N–H and O–H groups in total. The van der Waals surface area contributed by atoms with Crippen LogP contribution in [0, 0.1) is 13.8 Å². The number of aryl methyl sites for hydroxylation is 2. The predicted octanol–water partition coefficient (Wildman–Crippen LogP) is 2.64. The summed E-state index contributed by atoms with van der Waals surface area (Å²) in [6.45, 7) is 10.5. The van der Waals surface area contributed by atoms with Crippen LogP contribution in [0.25, 0.3) is 0 Å². The number of hydrogen-bond donors (Lipinski definition) is 2. The van der Waals surface area contributed by atoms with Crippen LogP contribution in [0.3, 0.4) is 0 Å². The van der Waals surface area contributed by atoms with Gasteiger partial charge in [0.05, 0.1) is 0 Å². The SMILES string of the molecule is CC(=O)N1CCN(c2ccc(N)c(C)c2)CCN(c2ccc(N)c(C)c2)CC1. The van der Waals surface area contributed by atoms with E-state index in [2.05, 4.69) is 34.1 Å². The smallest absolute Gasteiger partial charge is 0.219 e. The monoisotopic (exact) mass is 381 g/mol. The molecule has 1 heterocycles. The number of hydrogen-bond acceptors (Lipinski definition) is 5. The minimum Gasteiger partial charge on any atom is -0.399 e. The Labute approximate surface area is 167 Å². The van der Waals surface area contributed by atoms with Gasteiger partial charge in [0.25, 0.3) is 0 Å². The third kappa shape index (κ3) is 4.50. The maximum absolute atomic E-state index is 12.1. The first-order valence-electron chi connectivity index (χ1n) is 9.83. The summed E-state index contributed by atoms with van der Waals surface area (Å²) in [5.74, 6) is 0.115. The molecule has 6 nitrogen and oxygen atoms in total. The quantitative estimate of drug-likeness (QED) is 0.782. The van der Waals surface area contributed by atoms with Crippen LogP contribution in [-0.4, -0.2) is 50.1 Å². The van der Waals surface area contributed by atoms with E-state index >= 15 is 0 Å². The Bertz CT molecular complexity index is 787. The molecule has 1 aliphatic heterocycles. The third-order valence-corrected chi connectivity index (χ3v) is 5.60. The van der Waals surface area contributed by atoms with E-state index in [9.17, 15) is 4.79 Å². The van der Waals surface area contributed by atoms with Crippen molar-refractivity contribution in [3.63, 3.8) is 0 Å². The van der Waals surface area contributed by atoms with Gasteiger partial charge in [0.2, 0.25) is 5.91 Å². The lowest BCUT2D eigenvalue weighted by molar-refractivity contribution is -0.128. The van der Waals surface area contributed by atoms with E-state index < -0.39 is 0 Å². The van der Waals surface area contributed by atoms with Gasteiger partial charge in [-0.2, -0.15) is 0 Å². The van der Waals surface area contributed by atoms with Crippen LogP contribution in [0.15, 0.2) is 36.4 Å². The number of anilines is 4. The first-order chi connectivity index (χ1) is 13.3. The van der Waals surface area contributed by atoms with Crippen LogP contribution < -0.4 is 21.3 Å². The van der Waals surface area contributed by atoms with Gasteiger partial charge in [-0.15, -0.1) is 0 Å². The predicted molar refractivity (Wildman–Crippen MR) is 118 cm³/mol. The minimum atomic E-state index is 0.115. The van der Waals surface area contributed by atoms with Crippen molar-refractivity contribution in [2.45, 2.75) is 20.8 Å². The van der Waals surface area contributed by atoms with Crippen molar-refractivity contribution in [1.29, 1.82) is 0 Å². The van der Waals surface area contributed by atoms with Crippen molar-refractivity contribution in [3.05, 3.63) is 47.5 Å². The second kappa shape index (κ2) is 8.42. The number of carbonyl (C=O) groups excluding carboxylic acids is 1. The van der Waals surface area contributed by atoms with Gasteiger partial charge in [-0.1, -0.05) is 0 Å². The Hall–Kier alpha value is -2.89. The lowest BCUT2D eigenvalue weighted by Crippen LogP contribution is -2.39. The average molecular weight is 382 g/mol. The van der Waals surface area contributed by atoms with Crippen molar-refractivity contribution in [2.24, 2.45) is 0 Å². The van der Waals surface area contributed by atoms with E-state index in [0.717, 1.165) is 60.1 Å². The molecule has 2 aromatic carbocycles. The van der Waals surface area contributed by atoms with E-state index in [1.807, 2.05) is 30.9 Å². The summed E-state index contributed by atoms with van der Waals surface area (Å²) in [5, 5.41) is 0. The maximum Gasteiger partial charge on any atom is 0.219 e. The number of rotatable bonds is 2. The summed E-state index contributed by atoms with van der Waals surface area (Å²) in [7, 11) is 0. The van der Waals surface area contributed by atoms with Gasteiger partial charge in [-0.25, -0.2) is 0 Å². The molecule has 0 aromatic heterocycles. The molecule has 0 atom stereocenters. The lowest BCUT2D eigenvalue weighted by Gasteiger charge is -2.29. The van der Waals surface area contributed by atoms with Crippen molar-refractivity contribution < 1.29 is 4.79 Å². The molecule has 28 heavy (non-hydrogen) atoms. The van der Waals surface area contributed by atoms with E-state index in [4.69, 9.17) is 11.5 Å². The van der Waals surface area contributed by atoms with Gasteiger partial charge in [-0.3, -0.25) is 4.79 Å². The number of nitrogen functional groups attached to an aromatic ring is 2. The molecule has 0 spiro atoms. The average Bonchev–Trinajstić information content (AvgIpc) is 2.77. The first-order valence-corrected chi connectivity index (χ1v) is 9.83. The van der Waals surface area contributed by atoms with Gasteiger partial charge in [0, 0.05) is 68.9 Å². The highest BCUT2D eigenvalue weighted by molar-refractivity contribution is 5.73. The van der Waals surface area contributed by atoms with E-state index in [1.165, 1.54) is 0 Å². The van der Waals surface area contributed by atoms with E-state index in [0.29, 0.717) is 13.1 Å². The van der Waals surface area contributed by atoms with Crippen LogP contribution in [0.4, 0.5) is 22.7 Å². The van der Waals surface area contributed by atoms with Crippen LogP contribution in [0.5, 0.6) is 0 Å². The Morgan fingerprint density at radius 1 is 0.750 bits per heavy atom. The van der Waals surface area contributed by atoms with Gasteiger partial charge in [0.15, 0.2) is 0 Å². The summed E-state index contributed by atoms with van der Waals surface area (Å²) in [6.07, 6.45) is 0. The molecule has 1 aliphatic rings. The fraction of sp³-hybridized carbons (Fsp3) is 0.409. The van der Waals surface area contributed by atoms with Gasteiger partial charge in [-0.05, 0) is 61.4 Å². The maximum atomic E-state index is 12.1. The minimum absolute atomic E-state index is 0.115. The molecule has 6 heteroatoms. The van der Waals surface area contributed by atoms with Gasteiger partial charge >= 0.3 is 0 Å². The molecular weight excluding hydrogens is 350 g/mol. The van der Waals surface area contributed by atoms with Crippen molar-refractivity contribution in [1.82, 2.24) is 4.90 Å². The molecule has 2 aromatic rings. The zero-order valence-electron chi connectivity index (χ0n) is 17.1. The number of amides is 1. The largest absolute Gasteiger partial charge is 0.399 e. The van der Waals surface area contributed by atoms with Crippen molar-refractivity contribution >= 4 is 28.7 Å². The molecule has 0 aliphatic carbocycles.